The Morgan fingerprint density at radius 2 is 2.29 bits per heavy atom. The molecule has 0 radical (unpaired) electrons. The molecule has 118 valence electrons. The molecule has 2 heterocycles. The fourth-order valence-corrected chi connectivity index (χ4v) is 2.56. The number of rotatable bonds is 4. The quantitative estimate of drug-likeness (QED) is 0.839. The van der Waals surface area contributed by atoms with Crippen molar-refractivity contribution >= 4 is 6.09 Å². The smallest absolute Gasteiger partial charge is 0.410 e. The molecule has 1 aliphatic rings. The largest absolute Gasteiger partial charge is 0.444 e. The van der Waals surface area contributed by atoms with Gasteiger partial charge in [0.25, 0.3) is 0 Å². The van der Waals surface area contributed by atoms with Gasteiger partial charge in [0.05, 0.1) is 11.7 Å². The van der Waals surface area contributed by atoms with Gasteiger partial charge >= 0.3 is 6.09 Å². The molecule has 0 saturated carbocycles. The van der Waals surface area contributed by atoms with E-state index in [-0.39, 0.29) is 12.1 Å². The van der Waals surface area contributed by atoms with Gasteiger partial charge in [-0.2, -0.15) is 0 Å². The molecule has 2 rings (SSSR count). The van der Waals surface area contributed by atoms with Crippen molar-refractivity contribution in [2.24, 2.45) is 0 Å². The van der Waals surface area contributed by atoms with E-state index >= 15 is 0 Å². The summed E-state index contributed by atoms with van der Waals surface area (Å²) in [5, 5.41) is 4.11. The van der Waals surface area contributed by atoms with Crippen LogP contribution in [0.5, 0.6) is 0 Å². The minimum atomic E-state index is -0.474. The first-order valence-corrected chi connectivity index (χ1v) is 7.86. The van der Waals surface area contributed by atoms with Crippen LogP contribution >= 0.6 is 0 Å². The monoisotopic (exact) mass is 294 g/mol. The lowest BCUT2D eigenvalue weighted by Gasteiger charge is -2.27. The van der Waals surface area contributed by atoms with Gasteiger partial charge in [-0.3, -0.25) is 4.90 Å². The number of amides is 1. The molecule has 1 saturated heterocycles. The summed E-state index contributed by atoms with van der Waals surface area (Å²) in [5.74, 6) is 0.782. The molecule has 0 bridgehead atoms. The molecule has 0 aromatic carbocycles. The van der Waals surface area contributed by atoms with Gasteiger partial charge in [-0.25, -0.2) is 4.79 Å². The van der Waals surface area contributed by atoms with Crippen molar-refractivity contribution in [3.8, 4) is 0 Å². The zero-order valence-electron chi connectivity index (χ0n) is 13.5. The van der Waals surface area contributed by atoms with E-state index in [0.29, 0.717) is 6.54 Å². The van der Waals surface area contributed by atoms with E-state index in [4.69, 9.17) is 9.26 Å². The van der Waals surface area contributed by atoms with Crippen molar-refractivity contribution < 1.29 is 14.1 Å². The second-order valence-corrected chi connectivity index (χ2v) is 6.66. The van der Waals surface area contributed by atoms with Gasteiger partial charge in [-0.05, 0) is 46.5 Å². The third-order valence-electron chi connectivity index (χ3n) is 3.57. The highest BCUT2D eigenvalue weighted by Gasteiger charge is 2.35. The fourth-order valence-electron chi connectivity index (χ4n) is 2.56. The third-order valence-corrected chi connectivity index (χ3v) is 3.57. The second kappa shape index (κ2) is 6.50. The van der Waals surface area contributed by atoms with Crippen LogP contribution in [0.4, 0.5) is 4.79 Å². The molecule has 1 atom stereocenters. The fraction of sp³-hybridized carbons (Fsp3) is 0.750. The number of hydrogen-bond acceptors (Lipinski definition) is 4. The van der Waals surface area contributed by atoms with Crippen molar-refractivity contribution in [1.29, 1.82) is 0 Å². The Hall–Kier alpha value is -1.52. The predicted molar refractivity (Wildman–Crippen MR) is 80.0 cm³/mol. The molecule has 0 N–H and O–H groups in total. The maximum Gasteiger partial charge on any atom is 0.410 e. The lowest BCUT2D eigenvalue weighted by molar-refractivity contribution is 0.0204. The molecule has 5 nitrogen and oxygen atoms in total. The molecule has 1 amide bonds. The molecule has 1 aromatic heterocycles. The molecule has 1 fully saturated rings. The third kappa shape index (κ3) is 4.22. The average Bonchev–Trinajstić information content (AvgIpc) is 3.02. The maximum absolute atomic E-state index is 12.3. The van der Waals surface area contributed by atoms with Crippen molar-refractivity contribution in [3.05, 3.63) is 17.5 Å². The number of hydrogen-bond donors (Lipinski definition) is 0. The van der Waals surface area contributed by atoms with Crippen LogP contribution in [0, 0.1) is 0 Å². The van der Waals surface area contributed by atoms with Gasteiger partial charge < -0.3 is 9.26 Å². The number of aromatic nitrogens is 1. The molecule has 1 aromatic rings. The minimum Gasteiger partial charge on any atom is -0.444 e. The first-order valence-electron chi connectivity index (χ1n) is 7.86. The van der Waals surface area contributed by atoms with Crippen LogP contribution in [0.15, 0.2) is 10.6 Å². The van der Waals surface area contributed by atoms with Crippen LogP contribution in [0.25, 0.3) is 0 Å². The maximum atomic E-state index is 12.3. The van der Waals surface area contributed by atoms with E-state index < -0.39 is 5.60 Å². The normalized spacial score (nSPS) is 19.0. The molecule has 5 heteroatoms. The van der Waals surface area contributed by atoms with Crippen molar-refractivity contribution in [3.63, 3.8) is 0 Å². The second-order valence-electron chi connectivity index (χ2n) is 6.66. The number of unbranched alkanes of at least 4 members (excludes halogenated alkanes) is 1. The lowest BCUT2D eigenvalue weighted by Crippen LogP contribution is -2.36. The Balaban J connectivity index is 2.04. The Morgan fingerprint density at radius 3 is 2.95 bits per heavy atom. The van der Waals surface area contributed by atoms with E-state index in [1.54, 1.807) is 4.90 Å². The summed E-state index contributed by atoms with van der Waals surface area (Å²) in [6, 6.07) is 1.95. The van der Waals surface area contributed by atoms with E-state index in [2.05, 4.69) is 12.1 Å². The van der Waals surface area contributed by atoms with Crippen LogP contribution in [-0.4, -0.2) is 28.3 Å². The Bertz CT molecular complexity index is 476. The summed E-state index contributed by atoms with van der Waals surface area (Å²) in [6.45, 7) is 8.51. The van der Waals surface area contributed by atoms with E-state index in [1.807, 2.05) is 26.8 Å². The van der Waals surface area contributed by atoms with Crippen molar-refractivity contribution in [1.82, 2.24) is 10.1 Å². The zero-order valence-corrected chi connectivity index (χ0v) is 13.5. The van der Waals surface area contributed by atoms with Crippen molar-refractivity contribution in [2.75, 3.05) is 6.54 Å². The van der Waals surface area contributed by atoms with Gasteiger partial charge in [0.2, 0.25) is 0 Å². The van der Waals surface area contributed by atoms with Crippen LogP contribution in [0.1, 0.15) is 70.9 Å². The number of nitrogens with zero attached hydrogens (tertiary/aromatic N) is 2. The number of carbonyl (C=O) groups is 1. The molecular formula is C16H26N2O3. The molecule has 1 aliphatic heterocycles. The zero-order chi connectivity index (χ0) is 15.5. The number of carbonyl (C=O) groups excluding carboxylic acids is 1. The van der Waals surface area contributed by atoms with Crippen LogP contribution in [0.3, 0.4) is 0 Å². The highest BCUT2D eigenvalue weighted by atomic mass is 16.6. The summed E-state index contributed by atoms with van der Waals surface area (Å²) in [5.41, 5.74) is 0.501. The van der Waals surface area contributed by atoms with Gasteiger partial charge in [0.15, 0.2) is 5.76 Å². The van der Waals surface area contributed by atoms with Gasteiger partial charge in [0.1, 0.15) is 5.60 Å². The Morgan fingerprint density at radius 1 is 1.52 bits per heavy atom. The average molecular weight is 294 g/mol. The number of likely N-dealkylation sites (tertiary alicyclic amines) is 1. The summed E-state index contributed by atoms with van der Waals surface area (Å²) in [4.78, 5) is 14.0. The van der Waals surface area contributed by atoms with Crippen molar-refractivity contribution in [2.45, 2.75) is 71.4 Å². The van der Waals surface area contributed by atoms with Crippen LogP contribution in [-0.2, 0) is 11.2 Å². The summed E-state index contributed by atoms with van der Waals surface area (Å²) >= 11 is 0. The van der Waals surface area contributed by atoms with Gasteiger partial charge in [-0.1, -0.05) is 18.5 Å². The standard InChI is InChI=1S/C16H26N2O3/c1-5-6-8-12-11-14(21-17-12)13-9-7-10-18(13)15(19)20-16(2,3)4/h11,13H,5-10H2,1-4H3/t13-/m0/s1. The van der Waals surface area contributed by atoms with Crippen LogP contribution < -0.4 is 0 Å². The summed E-state index contributed by atoms with van der Waals surface area (Å²) in [6.07, 6.45) is 4.77. The van der Waals surface area contributed by atoms with E-state index in [9.17, 15) is 4.79 Å². The van der Waals surface area contributed by atoms with E-state index in [0.717, 1.165) is 43.6 Å². The van der Waals surface area contributed by atoms with E-state index in [1.165, 1.54) is 0 Å². The first-order chi connectivity index (χ1) is 9.90. The Kier molecular flexibility index (Phi) is 4.91. The molecule has 0 aliphatic carbocycles. The highest BCUT2D eigenvalue weighted by Crippen LogP contribution is 2.33. The minimum absolute atomic E-state index is 0.0391. The molecule has 0 unspecified atom stereocenters. The molecule has 21 heavy (non-hydrogen) atoms. The highest BCUT2D eigenvalue weighted by molar-refractivity contribution is 5.69. The summed E-state index contributed by atoms with van der Waals surface area (Å²) in [7, 11) is 0. The SMILES string of the molecule is CCCCc1cc([C@@H]2CCCN2C(=O)OC(C)(C)C)on1. The summed E-state index contributed by atoms with van der Waals surface area (Å²) < 4.78 is 10.9. The number of aryl methyl sites for hydroxylation is 1. The molecule has 0 spiro atoms. The predicted octanol–water partition coefficient (Wildman–Crippen LogP) is 4.09. The van der Waals surface area contributed by atoms with Crippen LogP contribution in [0.2, 0.25) is 0 Å². The van der Waals surface area contributed by atoms with Gasteiger partial charge in [0, 0.05) is 12.6 Å². The first kappa shape index (κ1) is 15.9. The topological polar surface area (TPSA) is 55.6 Å². The Labute approximate surface area is 126 Å². The number of ether oxygens (including phenoxy) is 1. The molecular weight excluding hydrogens is 268 g/mol. The lowest BCUT2D eigenvalue weighted by atomic mass is 10.1. The van der Waals surface area contributed by atoms with Gasteiger partial charge in [-0.15, -0.1) is 0 Å².